The monoisotopic (exact) mass is 338 g/mol. The Kier molecular flexibility index (Phi) is 5.20. The summed E-state index contributed by atoms with van der Waals surface area (Å²) in [5, 5.41) is 3.38. The molecule has 0 aliphatic carbocycles. The molecule has 0 saturated heterocycles. The van der Waals surface area contributed by atoms with Crippen molar-refractivity contribution in [2.45, 2.75) is 40.0 Å². The normalized spacial score (nSPS) is 11.1. The molecule has 2 aromatic heterocycles. The summed E-state index contributed by atoms with van der Waals surface area (Å²) < 4.78 is 12.3. The van der Waals surface area contributed by atoms with E-state index in [0.717, 1.165) is 28.3 Å². The Balaban J connectivity index is 1.95. The van der Waals surface area contributed by atoms with Crippen molar-refractivity contribution in [2.75, 3.05) is 0 Å². The summed E-state index contributed by atoms with van der Waals surface area (Å²) in [4.78, 5) is 4.06. The van der Waals surface area contributed by atoms with Gasteiger partial charge in [-0.15, -0.1) is 0 Å². The fraction of sp³-hybridized carbons (Fsp3) is 0.400. The summed E-state index contributed by atoms with van der Waals surface area (Å²) in [6, 6.07) is 4.37. The smallest absolute Gasteiger partial charge is 0.146 e. The van der Waals surface area contributed by atoms with E-state index in [1.165, 1.54) is 5.56 Å². The number of rotatable bonds is 6. The van der Waals surface area contributed by atoms with Crippen molar-refractivity contribution < 1.29 is 9.15 Å². The average molecular weight is 339 g/mol. The highest BCUT2D eigenvalue weighted by Gasteiger charge is 2.08. The van der Waals surface area contributed by atoms with Gasteiger partial charge < -0.3 is 14.5 Å². The molecule has 0 saturated carbocycles. The van der Waals surface area contributed by atoms with E-state index in [-0.39, 0.29) is 0 Å². The number of nitrogens with zero attached hydrogens (tertiary/aromatic N) is 1. The summed E-state index contributed by atoms with van der Waals surface area (Å²) in [6.07, 6.45) is 3.40. The first kappa shape index (κ1) is 15.1. The van der Waals surface area contributed by atoms with Crippen LogP contribution in [0.5, 0.6) is 5.75 Å². The van der Waals surface area contributed by atoms with Crippen LogP contribution in [0, 0.1) is 6.92 Å². The number of pyridine rings is 1. The van der Waals surface area contributed by atoms with Crippen LogP contribution in [0.3, 0.4) is 0 Å². The summed E-state index contributed by atoms with van der Waals surface area (Å²) in [5.41, 5.74) is 1.17. The van der Waals surface area contributed by atoms with Gasteiger partial charge in [-0.3, -0.25) is 4.98 Å². The minimum Gasteiger partial charge on any atom is -0.484 e. The summed E-state index contributed by atoms with van der Waals surface area (Å²) in [6.45, 7) is 7.44. The molecule has 5 heteroatoms. The van der Waals surface area contributed by atoms with E-state index in [0.29, 0.717) is 12.6 Å². The van der Waals surface area contributed by atoms with Gasteiger partial charge in [-0.2, -0.15) is 0 Å². The summed E-state index contributed by atoms with van der Waals surface area (Å²) in [5.74, 6) is 2.47. The molecule has 2 aromatic rings. The van der Waals surface area contributed by atoms with Crippen molar-refractivity contribution in [3.8, 4) is 5.75 Å². The van der Waals surface area contributed by atoms with E-state index >= 15 is 0 Å². The second kappa shape index (κ2) is 6.90. The Bertz CT molecular complexity index is 567. The van der Waals surface area contributed by atoms with Gasteiger partial charge in [0.25, 0.3) is 0 Å². The predicted molar refractivity (Wildman–Crippen MR) is 81.7 cm³/mol. The Labute approximate surface area is 127 Å². The van der Waals surface area contributed by atoms with Crippen LogP contribution in [-0.4, -0.2) is 11.0 Å². The molecule has 0 aromatic carbocycles. The third-order valence-electron chi connectivity index (χ3n) is 2.83. The van der Waals surface area contributed by atoms with Crippen molar-refractivity contribution in [2.24, 2.45) is 0 Å². The molecule has 2 heterocycles. The van der Waals surface area contributed by atoms with E-state index in [1.54, 1.807) is 12.4 Å². The van der Waals surface area contributed by atoms with Crippen LogP contribution in [0.25, 0.3) is 0 Å². The van der Waals surface area contributed by atoms with Gasteiger partial charge in [0, 0.05) is 28.8 Å². The molecule has 20 heavy (non-hydrogen) atoms. The van der Waals surface area contributed by atoms with Crippen LogP contribution in [0.15, 0.2) is 33.4 Å². The van der Waals surface area contributed by atoms with E-state index in [4.69, 9.17) is 9.15 Å². The zero-order chi connectivity index (χ0) is 14.5. The van der Waals surface area contributed by atoms with Crippen molar-refractivity contribution >= 4 is 15.9 Å². The molecule has 0 aliphatic rings. The standard InChI is InChI=1S/C15H19BrN2O2/c1-10(2)18-6-12-4-15(20-11(12)3)9-19-14-5-13(16)7-17-8-14/h4-5,7-8,10,18H,6,9H2,1-3H3. The topological polar surface area (TPSA) is 47.3 Å². The number of hydrogen-bond acceptors (Lipinski definition) is 4. The molecule has 0 bridgehead atoms. The SMILES string of the molecule is Cc1oc(COc2cncc(Br)c2)cc1CNC(C)C. The van der Waals surface area contributed by atoms with Gasteiger partial charge in [-0.1, -0.05) is 13.8 Å². The highest BCUT2D eigenvalue weighted by molar-refractivity contribution is 9.10. The maximum atomic E-state index is 5.70. The van der Waals surface area contributed by atoms with Crippen LogP contribution in [0.2, 0.25) is 0 Å². The quantitative estimate of drug-likeness (QED) is 0.869. The van der Waals surface area contributed by atoms with Crippen LogP contribution < -0.4 is 10.1 Å². The predicted octanol–water partition coefficient (Wildman–Crippen LogP) is 3.82. The van der Waals surface area contributed by atoms with E-state index in [9.17, 15) is 0 Å². The number of nitrogens with one attached hydrogen (secondary N) is 1. The van der Waals surface area contributed by atoms with Gasteiger partial charge in [0.15, 0.2) is 0 Å². The van der Waals surface area contributed by atoms with Crippen LogP contribution in [0.1, 0.15) is 30.9 Å². The second-order valence-electron chi connectivity index (χ2n) is 4.96. The highest BCUT2D eigenvalue weighted by atomic mass is 79.9. The molecule has 0 unspecified atom stereocenters. The number of hydrogen-bond donors (Lipinski definition) is 1. The number of aryl methyl sites for hydroxylation is 1. The van der Waals surface area contributed by atoms with Gasteiger partial charge in [0.1, 0.15) is 23.9 Å². The molecule has 0 radical (unpaired) electrons. The molecular formula is C15H19BrN2O2. The van der Waals surface area contributed by atoms with Gasteiger partial charge in [-0.05, 0) is 35.0 Å². The summed E-state index contributed by atoms with van der Waals surface area (Å²) >= 11 is 3.36. The molecule has 108 valence electrons. The van der Waals surface area contributed by atoms with Crippen LogP contribution in [0.4, 0.5) is 0 Å². The van der Waals surface area contributed by atoms with Crippen molar-refractivity contribution in [3.63, 3.8) is 0 Å². The Morgan fingerprint density at radius 1 is 1.35 bits per heavy atom. The zero-order valence-electron chi connectivity index (χ0n) is 11.9. The molecule has 0 fully saturated rings. The Morgan fingerprint density at radius 3 is 2.85 bits per heavy atom. The highest BCUT2D eigenvalue weighted by Crippen LogP contribution is 2.19. The molecular weight excluding hydrogens is 320 g/mol. The van der Waals surface area contributed by atoms with Gasteiger partial charge in [-0.25, -0.2) is 0 Å². The average Bonchev–Trinajstić information content (AvgIpc) is 2.75. The fourth-order valence-corrected chi connectivity index (χ4v) is 2.12. The third kappa shape index (κ3) is 4.35. The van der Waals surface area contributed by atoms with E-state index in [1.807, 2.05) is 19.1 Å². The van der Waals surface area contributed by atoms with Crippen molar-refractivity contribution in [1.82, 2.24) is 10.3 Å². The molecule has 0 atom stereocenters. The first-order chi connectivity index (χ1) is 9.54. The molecule has 0 amide bonds. The molecule has 4 nitrogen and oxygen atoms in total. The van der Waals surface area contributed by atoms with E-state index in [2.05, 4.69) is 40.1 Å². The lowest BCUT2D eigenvalue weighted by atomic mass is 10.2. The number of halogens is 1. The van der Waals surface area contributed by atoms with Crippen molar-refractivity contribution in [1.29, 1.82) is 0 Å². The maximum Gasteiger partial charge on any atom is 0.146 e. The largest absolute Gasteiger partial charge is 0.484 e. The lowest BCUT2D eigenvalue weighted by Gasteiger charge is -2.06. The summed E-state index contributed by atoms with van der Waals surface area (Å²) in [7, 11) is 0. The van der Waals surface area contributed by atoms with E-state index < -0.39 is 0 Å². The molecule has 0 spiro atoms. The molecule has 2 rings (SSSR count). The zero-order valence-corrected chi connectivity index (χ0v) is 13.5. The second-order valence-corrected chi connectivity index (χ2v) is 5.87. The van der Waals surface area contributed by atoms with Crippen LogP contribution >= 0.6 is 15.9 Å². The number of aromatic nitrogens is 1. The van der Waals surface area contributed by atoms with Crippen LogP contribution in [-0.2, 0) is 13.2 Å². The lowest BCUT2D eigenvalue weighted by Crippen LogP contribution is -2.21. The minimum atomic E-state index is 0.403. The Morgan fingerprint density at radius 2 is 2.15 bits per heavy atom. The van der Waals surface area contributed by atoms with Crippen molar-refractivity contribution in [3.05, 3.63) is 46.1 Å². The number of ether oxygens (including phenoxy) is 1. The lowest BCUT2D eigenvalue weighted by molar-refractivity contribution is 0.266. The molecule has 1 N–H and O–H groups in total. The van der Waals surface area contributed by atoms with Gasteiger partial charge in [0.05, 0.1) is 6.20 Å². The maximum absolute atomic E-state index is 5.70. The van der Waals surface area contributed by atoms with Gasteiger partial charge >= 0.3 is 0 Å². The van der Waals surface area contributed by atoms with Gasteiger partial charge in [0.2, 0.25) is 0 Å². The first-order valence-corrected chi connectivity index (χ1v) is 7.39. The molecule has 0 aliphatic heterocycles. The Hall–Kier alpha value is -1.33. The number of furan rings is 1. The minimum absolute atomic E-state index is 0.403. The first-order valence-electron chi connectivity index (χ1n) is 6.59. The third-order valence-corrected chi connectivity index (χ3v) is 3.27. The fourth-order valence-electron chi connectivity index (χ4n) is 1.77.